The predicted molar refractivity (Wildman–Crippen MR) is 361 cm³/mol. The summed E-state index contributed by atoms with van der Waals surface area (Å²) in [6.45, 7) is 4.98. The van der Waals surface area contributed by atoms with E-state index in [9.17, 15) is 19.8 Å². The van der Waals surface area contributed by atoms with Crippen molar-refractivity contribution in [2.75, 3.05) is 13.2 Å². The number of esters is 1. The van der Waals surface area contributed by atoms with Crippen LogP contribution in [-0.4, -0.2) is 47.4 Å². The topological polar surface area (TPSA) is 95.9 Å². The van der Waals surface area contributed by atoms with Gasteiger partial charge in [-0.05, 0) is 77.0 Å². The quantitative estimate of drug-likeness (QED) is 0.0320. The van der Waals surface area contributed by atoms with E-state index in [0.29, 0.717) is 25.9 Å². The third kappa shape index (κ3) is 67.5. The summed E-state index contributed by atoms with van der Waals surface area (Å²) >= 11 is 0. The van der Waals surface area contributed by atoms with Crippen LogP contribution >= 0.6 is 0 Å². The number of ether oxygens (including phenoxy) is 1. The zero-order chi connectivity index (χ0) is 59.2. The molecule has 0 spiro atoms. The zero-order valence-corrected chi connectivity index (χ0v) is 55.8. The molecule has 3 N–H and O–H groups in total. The molecular weight excluding hydrogens is 1010 g/mol. The summed E-state index contributed by atoms with van der Waals surface area (Å²) in [5.41, 5.74) is 0. The first kappa shape index (κ1) is 80.3. The maximum atomic E-state index is 12.6. The highest BCUT2D eigenvalue weighted by molar-refractivity contribution is 5.76. The van der Waals surface area contributed by atoms with E-state index >= 15 is 0 Å². The molecule has 0 aliphatic heterocycles. The molecule has 0 radical (unpaired) electrons. The Labute approximate surface area is 513 Å². The van der Waals surface area contributed by atoms with Gasteiger partial charge in [0, 0.05) is 12.8 Å². The molecule has 0 fully saturated rings. The number of amides is 1. The van der Waals surface area contributed by atoms with Gasteiger partial charge < -0.3 is 20.3 Å². The monoisotopic (exact) mass is 1150 g/mol. The first-order valence-corrected chi connectivity index (χ1v) is 37.6. The van der Waals surface area contributed by atoms with E-state index in [1.54, 1.807) is 0 Å². The van der Waals surface area contributed by atoms with Gasteiger partial charge in [0.05, 0.1) is 25.4 Å². The summed E-state index contributed by atoms with van der Waals surface area (Å²) in [4.78, 5) is 24.6. The fourth-order valence-electron chi connectivity index (χ4n) is 12.0. The molecule has 82 heavy (non-hydrogen) atoms. The van der Waals surface area contributed by atoms with Crippen LogP contribution in [0.4, 0.5) is 0 Å². The lowest BCUT2D eigenvalue weighted by Gasteiger charge is -2.22. The Hall–Kier alpha value is -1.66. The van der Waals surface area contributed by atoms with Crippen molar-refractivity contribution >= 4 is 11.9 Å². The van der Waals surface area contributed by atoms with E-state index < -0.39 is 12.1 Å². The summed E-state index contributed by atoms with van der Waals surface area (Å²) in [6, 6.07) is -0.541. The van der Waals surface area contributed by atoms with Crippen molar-refractivity contribution in [3.63, 3.8) is 0 Å². The Bertz CT molecular complexity index is 1280. The average molecular weight is 1160 g/mol. The van der Waals surface area contributed by atoms with Crippen molar-refractivity contribution in [2.45, 2.75) is 437 Å². The normalized spacial score (nSPS) is 12.6. The SMILES string of the molecule is CCCCCC/C=C\CCCCCCCC(=O)OCCCCCCCCCCCCCC/C=C\CCCCCCCCCCCCCCCCCC(=O)NC(CO)C(O)CCCCCCCCCCCCCCCCCCCCCCC. The van der Waals surface area contributed by atoms with E-state index in [-0.39, 0.29) is 18.5 Å². The molecule has 486 valence electrons. The van der Waals surface area contributed by atoms with Gasteiger partial charge >= 0.3 is 5.97 Å². The van der Waals surface area contributed by atoms with Crippen LogP contribution in [-0.2, 0) is 14.3 Å². The minimum Gasteiger partial charge on any atom is -0.466 e. The molecule has 0 heterocycles. The second kappa shape index (κ2) is 71.8. The third-order valence-corrected chi connectivity index (χ3v) is 17.7. The van der Waals surface area contributed by atoms with Gasteiger partial charge in [0.2, 0.25) is 5.91 Å². The van der Waals surface area contributed by atoms with Gasteiger partial charge in [-0.2, -0.15) is 0 Å². The molecule has 0 aliphatic rings. The Balaban J connectivity index is 3.36. The Morgan fingerprint density at radius 1 is 0.329 bits per heavy atom. The number of nitrogens with one attached hydrogen (secondary N) is 1. The number of aliphatic hydroxyl groups is 2. The average Bonchev–Trinajstić information content (AvgIpc) is 3.48. The van der Waals surface area contributed by atoms with Crippen LogP contribution in [0.15, 0.2) is 24.3 Å². The first-order valence-electron chi connectivity index (χ1n) is 37.6. The van der Waals surface area contributed by atoms with Gasteiger partial charge in [-0.15, -0.1) is 0 Å². The molecule has 2 atom stereocenters. The molecule has 0 aromatic heterocycles. The highest BCUT2D eigenvalue weighted by atomic mass is 16.5. The predicted octanol–water partition coefficient (Wildman–Crippen LogP) is 24.5. The lowest BCUT2D eigenvalue weighted by molar-refractivity contribution is -0.143. The number of hydrogen-bond acceptors (Lipinski definition) is 5. The Kier molecular flexibility index (Phi) is 70.4. The summed E-state index contributed by atoms with van der Waals surface area (Å²) in [6.07, 6.45) is 91.1. The van der Waals surface area contributed by atoms with E-state index in [4.69, 9.17) is 4.74 Å². The summed E-state index contributed by atoms with van der Waals surface area (Å²) in [5.74, 6) is -0.0188. The summed E-state index contributed by atoms with van der Waals surface area (Å²) in [5, 5.41) is 23.4. The smallest absolute Gasteiger partial charge is 0.305 e. The van der Waals surface area contributed by atoms with Crippen molar-refractivity contribution in [2.24, 2.45) is 0 Å². The highest BCUT2D eigenvalue weighted by Gasteiger charge is 2.20. The number of unbranched alkanes of at least 4 members (excludes halogenated alkanes) is 56. The van der Waals surface area contributed by atoms with Crippen molar-refractivity contribution in [3.05, 3.63) is 24.3 Å². The van der Waals surface area contributed by atoms with Gasteiger partial charge in [0.15, 0.2) is 0 Å². The van der Waals surface area contributed by atoms with Crippen LogP contribution < -0.4 is 5.32 Å². The minimum atomic E-state index is -0.664. The van der Waals surface area contributed by atoms with Crippen LogP contribution in [0.3, 0.4) is 0 Å². The van der Waals surface area contributed by atoms with Gasteiger partial charge in [0.1, 0.15) is 0 Å². The molecular formula is C76H147NO5. The van der Waals surface area contributed by atoms with Crippen LogP contribution in [0.2, 0.25) is 0 Å². The molecule has 0 saturated heterocycles. The maximum Gasteiger partial charge on any atom is 0.305 e. The molecule has 0 aromatic rings. The van der Waals surface area contributed by atoms with E-state index in [1.807, 2.05) is 0 Å². The standard InChI is InChI=1S/C76H147NO5/c1-3-5-7-9-11-13-15-17-18-19-20-32-35-38-41-45-48-52-56-60-64-68-74(79)73(72-78)77-75(80)69-65-61-57-53-49-46-42-39-36-33-30-28-26-24-22-21-23-25-27-29-31-34-37-40-43-47-51-55-59-63-67-71-82-76(81)70-66-62-58-54-50-44-16-14-12-10-8-6-4-2/h14,16,23,25,73-74,78-79H,3-13,15,17-22,24,26-72H2,1-2H3,(H,77,80)/b16-14-,25-23-. The summed E-state index contributed by atoms with van der Waals surface area (Å²) in [7, 11) is 0. The van der Waals surface area contributed by atoms with Gasteiger partial charge in [-0.25, -0.2) is 0 Å². The molecule has 6 heteroatoms. The number of allylic oxidation sites excluding steroid dienone is 4. The van der Waals surface area contributed by atoms with Crippen LogP contribution in [0, 0.1) is 0 Å². The van der Waals surface area contributed by atoms with E-state index in [0.717, 1.165) is 44.9 Å². The zero-order valence-electron chi connectivity index (χ0n) is 55.8. The fraction of sp³-hybridized carbons (Fsp3) is 0.921. The van der Waals surface area contributed by atoms with E-state index in [2.05, 4.69) is 43.5 Å². The Morgan fingerprint density at radius 3 is 0.878 bits per heavy atom. The highest BCUT2D eigenvalue weighted by Crippen LogP contribution is 2.19. The van der Waals surface area contributed by atoms with Gasteiger partial charge in [-0.3, -0.25) is 9.59 Å². The Morgan fingerprint density at radius 2 is 0.573 bits per heavy atom. The number of carbonyl (C=O) groups is 2. The number of carbonyl (C=O) groups excluding carboxylic acids is 2. The van der Waals surface area contributed by atoms with Crippen molar-refractivity contribution in [3.8, 4) is 0 Å². The largest absolute Gasteiger partial charge is 0.466 e. The van der Waals surface area contributed by atoms with Crippen molar-refractivity contribution in [1.29, 1.82) is 0 Å². The van der Waals surface area contributed by atoms with Crippen LogP contribution in [0.1, 0.15) is 425 Å². The van der Waals surface area contributed by atoms with Crippen LogP contribution in [0.5, 0.6) is 0 Å². The first-order chi connectivity index (χ1) is 40.5. The third-order valence-electron chi connectivity index (χ3n) is 17.7. The van der Waals surface area contributed by atoms with E-state index in [1.165, 1.54) is 347 Å². The minimum absolute atomic E-state index is 0.00918. The molecule has 2 unspecified atom stereocenters. The lowest BCUT2D eigenvalue weighted by atomic mass is 10.0. The van der Waals surface area contributed by atoms with Gasteiger partial charge in [-0.1, -0.05) is 359 Å². The number of aliphatic hydroxyl groups excluding tert-OH is 2. The van der Waals surface area contributed by atoms with Crippen molar-refractivity contribution < 1.29 is 24.5 Å². The number of rotatable bonds is 71. The summed E-state index contributed by atoms with van der Waals surface area (Å²) < 4.78 is 5.48. The lowest BCUT2D eigenvalue weighted by Crippen LogP contribution is -2.45. The molecule has 0 bridgehead atoms. The molecule has 0 rings (SSSR count). The van der Waals surface area contributed by atoms with Crippen LogP contribution in [0.25, 0.3) is 0 Å². The number of hydrogen-bond donors (Lipinski definition) is 3. The van der Waals surface area contributed by atoms with Gasteiger partial charge in [0.25, 0.3) is 0 Å². The molecule has 0 aromatic carbocycles. The fourth-order valence-corrected chi connectivity index (χ4v) is 12.0. The van der Waals surface area contributed by atoms with Crippen molar-refractivity contribution in [1.82, 2.24) is 5.32 Å². The molecule has 1 amide bonds. The molecule has 6 nitrogen and oxygen atoms in total. The molecule has 0 aliphatic carbocycles. The maximum absolute atomic E-state index is 12.6. The molecule has 0 saturated carbocycles. The second-order valence-electron chi connectivity index (χ2n) is 26.0. The second-order valence-corrected chi connectivity index (χ2v) is 26.0.